The molecular formula is C21H19N3O. The second kappa shape index (κ2) is 6.48. The molecule has 1 unspecified atom stereocenters. The van der Waals surface area contributed by atoms with E-state index in [1.807, 2.05) is 30.3 Å². The summed E-state index contributed by atoms with van der Waals surface area (Å²) in [5.74, 6) is 0.834. The van der Waals surface area contributed by atoms with Crippen LogP contribution < -0.4 is 5.32 Å². The van der Waals surface area contributed by atoms with E-state index in [0.29, 0.717) is 17.9 Å². The SMILES string of the molecule is Cc1ccc(C2CC(=O)c3cnc(Nc4ccccc4)nc3C2)cc1. The van der Waals surface area contributed by atoms with Gasteiger partial charge < -0.3 is 5.32 Å². The molecule has 2 aromatic carbocycles. The Morgan fingerprint density at radius 1 is 1.00 bits per heavy atom. The molecule has 0 radical (unpaired) electrons. The number of nitrogens with one attached hydrogen (secondary N) is 1. The van der Waals surface area contributed by atoms with E-state index >= 15 is 0 Å². The normalized spacial score (nSPS) is 16.4. The summed E-state index contributed by atoms with van der Waals surface area (Å²) in [5.41, 5.74) is 4.83. The molecule has 1 heterocycles. The molecule has 0 saturated carbocycles. The van der Waals surface area contributed by atoms with Gasteiger partial charge in [-0.2, -0.15) is 0 Å². The molecule has 0 aliphatic heterocycles. The van der Waals surface area contributed by atoms with Crippen LogP contribution in [0.4, 0.5) is 11.6 Å². The van der Waals surface area contributed by atoms with Crippen molar-refractivity contribution in [3.63, 3.8) is 0 Å². The molecule has 1 atom stereocenters. The standard InChI is InChI=1S/C21H19N3O/c1-14-7-9-15(10-8-14)16-11-19-18(20(25)12-16)13-22-21(24-19)23-17-5-3-2-4-6-17/h2-10,13,16H,11-12H2,1H3,(H,22,23,24). The van der Waals surface area contributed by atoms with Crippen LogP contribution in [0.1, 0.15) is 39.5 Å². The van der Waals surface area contributed by atoms with Gasteiger partial charge in [-0.15, -0.1) is 0 Å². The molecule has 25 heavy (non-hydrogen) atoms. The van der Waals surface area contributed by atoms with Crippen molar-refractivity contribution in [1.29, 1.82) is 0 Å². The van der Waals surface area contributed by atoms with Gasteiger partial charge in [-0.3, -0.25) is 4.79 Å². The third-order valence-electron chi connectivity index (χ3n) is 4.62. The number of ketones is 1. The topological polar surface area (TPSA) is 54.9 Å². The van der Waals surface area contributed by atoms with Crippen LogP contribution in [0.2, 0.25) is 0 Å². The molecule has 1 N–H and O–H groups in total. The fourth-order valence-corrected chi connectivity index (χ4v) is 3.23. The number of Topliss-reactive ketones (excluding diaryl/α,β-unsaturated/α-hetero) is 1. The Morgan fingerprint density at radius 3 is 2.52 bits per heavy atom. The minimum absolute atomic E-state index is 0.123. The van der Waals surface area contributed by atoms with Crippen LogP contribution in [0.5, 0.6) is 0 Å². The molecule has 4 nitrogen and oxygen atoms in total. The highest BCUT2D eigenvalue weighted by atomic mass is 16.1. The van der Waals surface area contributed by atoms with E-state index in [1.165, 1.54) is 11.1 Å². The largest absolute Gasteiger partial charge is 0.324 e. The Morgan fingerprint density at radius 2 is 1.76 bits per heavy atom. The molecule has 4 heteroatoms. The Labute approximate surface area is 147 Å². The highest BCUT2D eigenvalue weighted by Crippen LogP contribution is 2.32. The summed E-state index contributed by atoms with van der Waals surface area (Å²) in [5, 5.41) is 3.20. The number of para-hydroxylation sites is 1. The minimum Gasteiger partial charge on any atom is -0.324 e. The first kappa shape index (κ1) is 15.5. The first-order valence-electron chi connectivity index (χ1n) is 8.47. The van der Waals surface area contributed by atoms with Crippen LogP contribution in [0.3, 0.4) is 0 Å². The molecule has 1 aliphatic rings. The number of nitrogens with zero attached hydrogens (tertiary/aromatic N) is 2. The summed E-state index contributed by atoms with van der Waals surface area (Å²) < 4.78 is 0. The monoisotopic (exact) mass is 329 g/mol. The molecule has 1 aliphatic carbocycles. The van der Waals surface area contributed by atoms with Crippen molar-refractivity contribution in [1.82, 2.24) is 9.97 Å². The number of anilines is 2. The van der Waals surface area contributed by atoms with E-state index in [0.717, 1.165) is 17.8 Å². The number of benzene rings is 2. The third-order valence-corrected chi connectivity index (χ3v) is 4.62. The number of rotatable bonds is 3. The van der Waals surface area contributed by atoms with E-state index in [9.17, 15) is 4.79 Å². The van der Waals surface area contributed by atoms with Crippen molar-refractivity contribution in [2.45, 2.75) is 25.7 Å². The Balaban J connectivity index is 1.61. The predicted octanol–water partition coefficient (Wildman–Crippen LogP) is 4.44. The molecule has 0 spiro atoms. The number of carbonyl (C=O) groups excluding carboxylic acids is 1. The summed E-state index contributed by atoms with van der Waals surface area (Å²) in [6.45, 7) is 2.07. The lowest BCUT2D eigenvalue weighted by atomic mass is 9.82. The quantitative estimate of drug-likeness (QED) is 0.772. The van der Waals surface area contributed by atoms with Crippen LogP contribution in [-0.2, 0) is 6.42 Å². The number of hydrogen-bond acceptors (Lipinski definition) is 4. The van der Waals surface area contributed by atoms with E-state index in [2.05, 4.69) is 46.5 Å². The Hall–Kier alpha value is -3.01. The first-order valence-corrected chi connectivity index (χ1v) is 8.47. The molecular weight excluding hydrogens is 310 g/mol. The Bertz CT molecular complexity index is 904. The number of carbonyl (C=O) groups is 1. The average Bonchev–Trinajstić information content (AvgIpc) is 2.63. The smallest absolute Gasteiger partial charge is 0.227 e. The maximum absolute atomic E-state index is 12.5. The van der Waals surface area contributed by atoms with Gasteiger partial charge in [0.1, 0.15) is 0 Å². The highest BCUT2D eigenvalue weighted by Gasteiger charge is 2.28. The lowest BCUT2D eigenvalue weighted by molar-refractivity contribution is 0.0963. The van der Waals surface area contributed by atoms with Crippen molar-refractivity contribution in [3.8, 4) is 0 Å². The lowest BCUT2D eigenvalue weighted by Gasteiger charge is -2.23. The second-order valence-electron chi connectivity index (χ2n) is 6.48. The summed E-state index contributed by atoms with van der Waals surface area (Å²) in [7, 11) is 0. The molecule has 124 valence electrons. The van der Waals surface area contributed by atoms with E-state index in [1.54, 1.807) is 6.20 Å². The number of fused-ring (bicyclic) bond motifs is 1. The highest BCUT2D eigenvalue weighted by molar-refractivity contribution is 5.98. The molecule has 0 amide bonds. The number of hydrogen-bond donors (Lipinski definition) is 1. The zero-order valence-corrected chi connectivity index (χ0v) is 14.1. The van der Waals surface area contributed by atoms with Crippen molar-refractivity contribution in [2.75, 3.05) is 5.32 Å². The van der Waals surface area contributed by atoms with E-state index in [4.69, 9.17) is 0 Å². The molecule has 4 rings (SSSR count). The van der Waals surface area contributed by atoms with Crippen LogP contribution in [0, 0.1) is 6.92 Å². The average molecular weight is 329 g/mol. The van der Waals surface area contributed by atoms with Crippen LogP contribution in [0.25, 0.3) is 0 Å². The van der Waals surface area contributed by atoms with Gasteiger partial charge in [-0.05, 0) is 37.0 Å². The van der Waals surface area contributed by atoms with Crippen LogP contribution in [-0.4, -0.2) is 15.8 Å². The number of aryl methyl sites for hydroxylation is 1. The molecule has 3 aromatic rings. The summed E-state index contributed by atoms with van der Waals surface area (Å²) >= 11 is 0. The minimum atomic E-state index is 0.123. The zero-order valence-electron chi connectivity index (χ0n) is 14.1. The van der Waals surface area contributed by atoms with Gasteiger partial charge in [0.05, 0.1) is 11.3 Å². The maximum atomic E-state index is 12.5. The van der Waals surface area contributed by atoms with Gasteiger partial charge in [0, 0.05) is 18.3 Å². The fourth-order valence-electron chi connectivity index (χ4n) is 3.23. The van der Waals surface area contributed by atoms with Gasteiger partial charge in [-0.1, -0.05) is 48.0 Å². The molecule has 0 saturated heterocycles. The molecule has 0 fully saturated rings. The first-order chi connectivity index (χ1) is 12.2. The van der Waals surface area contributed by atoms with Crippen LogP contribution >= 0.6 is 0 Å². The van der Waals surface area contributed by atoms with Gasteiger partial charge in [-0.25, -0.2) is 9.97 Å². The Kier molecular flexibility index (Phi) is 4.02. The van der Waals surface area contributed by atoms with E-state index < -0.39 is 0 Å². The van der Waals surface area contributed by atoms with Gasteiger partial charge in [0.25, 0.3) is 0 Å². The van der Waals surface area contributed by atoms with Gasteiger partial charge in [0.15, 0.2) is 5.78 Å². The van der Waals surface area contributed by atoms with Crippen molar-refractivity contribution in [3.05, 3.63) is 83.2 Å². The van der Waals surface area contributed by atoms with Crippen LogP contribution in [0.15, 0.2) is 60.8 Å². The molecule has 0 bridgehead atoms. The van der Waals surface area contributed by atoms with Crippen molar-refractivity contribution >= 4 is 17.4 Å². The van der Waals surface area contributed by atoms with Gasteiger partial charge in [0.2, 0.25) is 5.95 Å². The summed E-state index contributed by atoms with van der Waals surface area (Å²) in [6, 6.07) is 18.2. The fraction of sp³-hybridized carbons (Fsp3) is 0.190. The second-order valence-corrected chi connectivity index (χ2v) is 6.48. The maximum Gasteiger partial charge on any atom is 0.227 e. The summed E-state index contributed by atoms with van der Waals surface area (Å²) in [4.78, 5) is 21.4. The molecule has 1 aromatic heterocycles. The lowest BCUT2D eigenvalue weighted by Crippen LogP contribution is -2.21. The summed E-state index contributed by atoms with van der Waals surface area (Å²) in [6.07, 6.45) is 2.93. The zero-order chi connectivity index (χ0) is 17.2. The van der Waals surface area contributed by atoms with Gasteiger partial charge >= 0.3 is 0 Å². The van der Waals surface area contributed by atoms with Crippen molar-refractivity contribution < 1.29 is 4.79 Å². The third kappa shape index (κ3) is 3.29. The number of aromatic nitrogens is 2. The predicted molar refractivity (Wildman–Crippen MR) is 98.3 cm³/mol. The van der Waals surface area contributed by atoms with Crippen molar-refractivity contribution in [2.24, 2.45) is 0 Å². The van der Waals surface area contributed by atoms with E-state index in [-0.39, 0.29) is 11.7 Å².